The average molecular weight is 143 g/mol. The van der Waals surface area contributed by atoms with Crippen molar-refractivity contribution in [3.8, 4) is 0 Å². The molecule has 0 heterocycles. The van der Waals surface area contributed by atoms with Gasteiger partial charge >= 0.3 is 0 Å². The number of carboxylic acid groups (broad SMARTS) is 2. The van der Waals surface area contributed by atoms with Gasteiger partial charge in [-0.15, -0.1) is 0 Å². The van der Waals surface area contributed by atoms with Crippen LogP contribution in [0.4, 0.5) is 0 Å². The van der Waals surface area contributed by atoms with Crippen LogP contribution in [0.1, 0.15) is 13.8 Å². The normalized spacial score (nSPS) is 5.56. The van der Waals surface area contributed by atoms with E-state index in [0.29, 0.717) is 0 Å². The Kier molecular flexibility index (Phi) is 19.2. The van der Waals surface area contributed by atoms with Crippen LogP contribution in [0.25, 0.3) is 0 Å². The van der Waals surface area contributed by atoms with Crippen LogP contribution in [0.15, 0.2) is 0 Å². The van der Waals surface area contributed by atoms with Crippen molar-refractivity contribution >= 4 is 41.5 Å². The summed E-state index contributed by atoms with van der Waals surface area (Å²) in [5.74, 6) is -1.67. The number of hydrogen-bond donors (Lipinski definition) is 2. The Hall–Kier alpha value is -0.0600. The standard InChI is InChI=1S/2C2H4O2.Na/c2*1-2(3)4;/h2*1H3,(H,3,4);. The minimum absolute atomic E-state index is 0. The number of hydrogen-bond acceptors (Lipinski definition) is 2. The van der Waals surface area contributed by atoms with Crippen molar-refractivity contribution in [3.05, 3.63) is 0 Å². The van der Waals surface area contributed by atoms with E-state index in [9.17, 15) is 0 Å². The molecule has 0 aromatic heterocycles. The summed E-state index contributed by atoms with van der Waals surface area (Å²) >= 11 is 0. The number of carboxylic acids is 2. The van der Waals surface area contributed by atoms with E-state index >= 15 is 0 Å². The topological polar surface area (TPSA) is 74.6 Å². The van der Waals surface area contributed by atoms with Crippen molar-refractivity contribution in [2.24, 2.45) is 0 Å². The fourth-order valence-corrected chi connectivity index (χ4v) is 0. The summed E-state index contributed by atoms with van der Waals surface area (Å²) in [7, 11) is 0. The molecule has 0 unspecified atom stereocenters. The minimum Gasteiger partial charge on any atom is -0.481 e. The van der Waals surface area contributed by atoms with Crippen LogP contribution in [0.2, 0.25) is 0 Å². The van der Waals surface area contributed by atoms with E-state index < -0.39 is 11.9 Å². The number of rotatable bonds is 0. The summed E-state index contributed by atoms with van der Waals surface area (Å²) in [6.07, 6.45) is 0. The Morgan fingerprint density at radius 3 is 1.00 bits per heavy atom. The molecule has 0 atom stereocenters. The molecule has 5 heteroatoms. The van der Waals surface area contributed by atoms with E-state index in [1.54, 1.807) is 0 Å². The van der Waals surface area contributed by atoms with Crippen molar-refractivity contribution in [3.63, 3.8) is 0 Å². The zero-order valence-electron chi connectivity index (χ0n) is 5.71. The molecular formula is C4H8NaO4. The van der Waals surface area contributed by atoms with E-state index in [-0.39, 0.29) is 29.6 Å². The van der Waals surface area contributed by atoms with E-state index in [1.165, 1.54) is 0 Å². The summed E-state index contributed by atoms with van der Waals surface area (Å²) in [5, 5.41) is 14.8. The molecule has 0 aliphatic heterocycles. The van der Waals surface area contributed by atoms with Gasteiger partial charge in [-0.3, -0.25) is 9.59 Å². The molecule has 0 saturated carbocycles. The van der Waals surface area contributed by atoms with Crippen LogP contribution in [0.5, 0.6) is 0 Å². The third kappa shape index (κ3) is 77800. The molecule has 0 rings (SSSR count). The van der Waals surface area contributed by atoms with Crippen LogP contribution >= 0.6 is 0 Å². The first-order valence-electron chi connectivity index (χ1n) is 1.86. The Balaban J connectivity index is -0.0000000720. The van der Waals surface area contributed by atoms with Gasteiger partial charge in [0.2, 0.25) is 0 Å². The van der Waals surface area contributed by atoms with Gasteiger partial charge < -0.3 is 10.2 Å². The molecule has 0 bridgehead atoms. The molecule has 0 aliphatic carbocycles. The van der Waals surface area contributed by atoms with Gasteiger partial charge in [0.1, 0.15) is 0 Å². The van der Waals surface area contributed by atoms with Gasteiger partial charge in [0.15, 0.2) is 0 Å². The molecule has 1 radical (unpaired) electrons. The summed E-state index contributed by atoms with van der Waals surface area (Å²) in [5.41, 5.74) is 0. The Labute approximate surface area is 75.2 Å². The van der Waals surface area contributed by atoms with Crippen molar-refractivity contribution in [1.29, 1.82) is 0 Å². The fraction of sp³-hybridized carbons (Fsp3) is 0.500. The quantitative estimate of drug-likeness (QED) is 0.460. The van der Waals surface area contributed by atoms with Gasteiger partial charge in [-0.1, -0.05) is 0 Å². The summed E-state index contributed by atoms with van der Waals surface area (Å²) in [6.45, 7) is 2.17. The van der Waals surface area contributed by atoms with Crippen molar-refractivity contribution in [2.75, 3.05) is 0 Å². The van der Waals surface area contributed by atoms with E-state index in [4.69, 9.17) is 19.8 Å². The fourth-order valence-electron chi connectivity index (χ4n) is 0. The van der Waals surface area contributed by atoms with Crippen LogP contribution in [0, 0.1) is 0 Å². The molecule has 2 N–H and O–H groups in total. The minimum atomic E-state index is -0.833. The molecule has 0 aromatic carbocycles. The van der Waals surface area contributed by atoms with E-state index in [0.717, 1.165) is 13.8 Å². The van der Waals surface area contributed by atoms with Gasteiger partial charge in [0.25, 0.3) is 11.9 Å². The predicted octanol–water partition coefficient (Wildman–Crippen LogP) is -0.199. The van der Waals surface area contributed by atoms with Gasteiger partial charge in [-0.05, 0) is 0 Å². The first-order valence-corrected chi connectivity index (χ1v) is 1.86. The molecule has 4 nitrogen and oxygen atoms in total. The second-order valence-electron chi connectivity index (χ2n) is 1.04. The first kappa shape index (κ1) is 16.0. The second kappa shape index (κ2) is 10.8. The van der Waals surface area contributed by atoms with Crippen LogP contribution in [-0.2, 0) is 9.59 Å². The Bertz CT molecular complexity index is 70.6. The molecule has 0 aliphatic rings. The largest absolute Gasteiger partial charge is 0.481 e. The second-order valence-corrected chi connectivity index (χ2v) is 1.04. The Morgan fingerprint density at radius 2 is 1.00 bits per heavy atom. The first-order chi connectivity index (χ1) is 3.46. The zero-order chi connectivity index (χ0) is 7.15. The smallest absolute Gasteiger partial charge is 0.300 e. The van der Waals surface area contributed by atoms with Crippen molar-refractivity contribution < 1.29 is 19.8 Å². The van der Waals surface area contributed by atoms with Crippen LogP contribution in [0.3, 0.4) is 0 Å². The van der Waals surface area contributed by atoms with Gasteiger partial charge in [-0.2, -0.15) is 0 Å². The van der Waals surface area contributed by atoms with Gasteiger partial charge in [-0.25, -0.2) is 0 Å². The number of carbonyl (C=O) groups is 2. The predicted molar refractivity (Wildman–Crippen MR) is 32.4 cm³/mol. The summed E-state index contributed by atoms with van der Waals surface area (Å²) in [4.78, 5) is 18.0. The molecule has 49 valence electrons. The molecular weight excluding hydrogens is 135 g/mol. The molecule has 0 saturated heterocycles. The molecule has 0 fully saturated rings. The zero-order valence-corrected chi connectivity index (χ0v) is 7.71. The Morgan fingerprint density at radius 1 is 1.00 bits per heavy atom. The van der Waals surface area contributed by atoms with Crippen LogP contribution in [-0.4, -0.2) is 51.7 Å². The third-order valence-corrected chi connectivity index (χ3v) is 0. The van der Waals surface area contributed by atoms with Crippen molar-refractivity contribution in [1.82, 2.24) is 0 Å². The van der Waals surface area contributed by atoms with Gasteiger partial charge in [0, 0.05) is 43.4 Å². The maximum absolute atomic E-state index is 9.00. The molecule has 0 amide bonds. The summed E-state index contributed by atoms with van der Waals surface area (Å²) < 4.78 is 0. The SMILES string of the molecule is CC(=O)O.CC(=O)O.[Na]. The monoisotopic (exact) mass is 143 g/mol. The maximum Gasteiger partial charge on any atom is 0.300 e. The van der Waals surface area contributed by atoms with Crippen LogP contribution < -0.4 is 0 Å². The molecule has 0 spiro atoms. The van der Waals surface area contributed by atoms with E-state index in [1.807, 2.05) is 0 Å². The van der Waals surface area contributed by atoms with E-state index in [2.05, 4.69) is 0 Å². The third-order valence-electron chi connectivity index (χ3n) is 0. The van der Waals surface area contributed by atoms with Crippen molar-refractivity contribution in [2.45, 2.75) is 13.8 Å². The van der Waals surface area contributed by atoms with Gasteiger partial charge in [0.05, 0.1) is 0 Å². The maximum atomic E-state index is 9.00. The average Bonchev–Trinajstić information content (AvgIpc) is 1.25. The molecule has 0 aromatic rings. The molecule has 9 heavy (non-hydrogen) atoms. The number of aliphatic carboxylic acids is 2. The summed E-state index contributed by atoms with van der Waals surface area (Å²) in [6, 6.07) is 0.